The van der Waals surface area contributed by atoms with Gasteiger partial charge in [-0.2, -0.15) is 0 Å². The van der Waals surface area contributed by atoms with Gasteiger partial charge in [0.25, 0.3) is 0 Å². The summed E-state index contributed by atoms with van der Waals surface area (Å²) < 4.78 is 1.28. The molecule has 0 spiro atoms. The SMILES string of the molecule is CCCC.CCCC.CC[N+](CC)(CC)CC.N.O=C([O-])CCN1c2ccccc2Cc2ccccc21. The molecule has 0 aromatic heterocycles. The van der Waals surface area contributed by atoms with Gasteiger partial charge < -0.3 is 25.4 Å². The largest absolute Gasteiger partial charge is 0.550 e. The van der Waals surface area contributed by atoms with Crippen molar-refractivity contribution >= 4 is 17.3 Å². The topological polar surface area (TPSA) is 78.4 Å². The molecule has 0 radical (unpaired) electrons. The van der Waals surface area contributed by atoms with E-state index in [1.165, 1.54) is 67.5 Å². The maximum Gasteiger partial charge on any atom is 0.0757 e. The van der Waals surface area contributed by atoms with E-state index in [1.807, 2.05) is 36.4 Å². The molecule has 0 amide bonds. The molecule has 1 aliphatic heterocycles. The first-order valence-corrected chi connectivity index (χ1v) is 14.3. The highest BCUT2D eigenvalue weighted by atomic mass is 16.4. The Balaban J connectivity index is 0. The van der Waals surface area contributed by atoms with Gasteiger partial charge in [-0.25, -0.2) is 0 Å². The van der Waals surface area contributed by atoms with Crippen molar-refractivity contribution in [2.45, 2.75) is 93.9 Å². The number of carbonyl (C=O) groups excluding carboxylic acids is 1. The molecule has 0 aliphatic carbocycles. The van der Waals surface area contributed by atoms with Gasteiger partial charge in [0.15, 0.2) is 0 Å². The molecule has 5 nitrogen and oxygen atoms in total. The number of hydrogen-bond acceptors (Lipinski definition) is 4. The maximum atomic E-state index is 10.7. The van der Waals surface area contributed by atoms with Crippen LogP contribution in [0.3, 0.4) is 0 Å². The molecule has 37 heavy (non-hydrogen) atoms. The summed E-state index contributed by atoms with van der Waals surface area (Å²) in [6.45, 7) is 23.4. The minimum absolute atomic E-state index is 0. The van der Waals surface area contributed by atoms with E-state index < -0.39 is 5.97 Å². The van der Waals surface area contributed by atoms with Crippen LogP contribution in [0.2, 0.25) is 0 Å². The molecule has 3 rings (SSSR count). The number of aliphatic carboxylic acids is 1. The highest BCUT2D eigenvalue weighted by Crippen LogP contribution is 2.38. The summed E-state index contributed by atoms with van der Waals surface area (Å²) in [5, 5.41) is 10.7. The van der Waals surface area contributed by atoms with Crippen LogP contribution in [-0.4, -0.2) is 43.2 Å². The Morgan fingerprint density at radius 1 is 0.703 bits per heavy atom. The molecule has 2 aromatic carbocycles. The van der Waals surface area contributed by atoms with E-state index in [1.54, 1.807) is 0 Å². The predicted octanol–water partition coefficient (Wildman–Crippen LogP) is 7.53. The second-order valence-corrected chi connectivity index (χ2v) is 9.31. The molecule has 2 aromatic rings. The number of carbonyl (C=O) groups is 1. The Kier molecular flexibility index (Phi) is 21.6. The molecule has 0 atom stereocenters. The average Bonchev–Trinajstić information content (AvgIpc) is 2.93. The third-order valence-corrected chi connectivity index (χ3v) is 7.17. The van der Waals surface area contributed by atoms with Gasteiger partial charge in [-0.05, 0) is 51.0 Å². The lowest BCUT2D eigenvalue weighted by molar-refractivity contribution is -0.921. The van der Waals surface area contributed by atoms with Crippen molar-refractivity contribution in [3.63, 3.8) is 0 Å². The van der Waals surface area contributed by atoms with Gasteiger partial charge in [-0.1, -0.05) is 89.8 Å². The van der Waals surface area contributed by atoms with E-state index in [4.69, 9.17) is 0 Å². The first-order valence-electron chi connectivity index (χ1n) is 14.3. The number of quaternary nitrogens is 1. The monoisotopic (exact) mass is 515 g/mol. The lowest BCUT2D eigenvalue weighted by atomic mass is 9.95. The number of para-hydroxylation sites is 2. The number of fused-ring (bicyclic) bond motifs is 2. The van der Waals surface area contributed by atoms with Gasteiger partial charge in [0.2, 0.25) is 0 Å². The fourth-order valence-corrected chi connectivity index (χ4v) is 3.97. The zero-order chi connectivity index (χ0) is 27.4. The molecule has 1 aliphatic rings. The predicted molar refractivity (Wildman–Crippen MR) is 161 cm³/mol. The Morgan fingerprint density at radius 3 is 1.32 bits per heavy atom. The highest BCUT2D eigenvalue weighted by Gasteiger charge is 2.21. The van der Waals surface area contributed by atoms with Crippen molar-refractivity contribution in [2.24, 2.45) is 0 Å². The third kappa shape index (κ3) is 13.1. The van der Waals surface area contributed by atoms with Crippen LogP contribution in [0.1, 0.15) is 98.6 Å². The van der Waals surface area contributed by atoms with Crippen LogP contribution in [-0.2, 0) is 11.2 Å². The van der Waals surface area contributed by atoms with Crippen LogP contribution in [0.5, 0.6) is 0 Å². The lowest BCUT2D eigenvalue weighted by Gasteiger charge is -2.34. The van der Waals surface area contributed by atoms with Gasteiger partial charge in [-0.15, -0.1) is 0 Å². The normalized spacial score (nSPS) is 11.1. The van der Waals surface area contributed by atoms with E-state index >= 15 is 0 Å². The minimum atomic E-state index is -1.01. The minimum Gasteiger partial charge on any atom is -0.550 e. The molecule has 0 unspecified atom stereocenters. The Hall–Kier alpha value is -2.37. The number of anilines is 2. The summed E-state index contributed by atoms with van der Waals surface area (Å²) >= 11 is 0. The van der Waals surface area contributed by atoms with Crippen LogP contribution in [0.25, 0.3) is 0 Å². The molecule has 3 N–H and O–H groups in total. The summed E-state index contributed by atoms with van der Waals surface area (Å²) in [5.41, 5.74) is 4.67. The summed E-state index contributed by atoms with van der Waals surface area (Å²) in [6.07, 6.45) is 6.21. The van der Waals surface area contributed by atoms with Gasteiger partial charge in [0.05, 0.1) is 26.2 Å². The first kappa shape index (κ1) is 36.8. The number of hydrogen-bond donors (Lipinski definition) is 1. The fraction of sp³-hybridized carbons (Fsp3) is 0.594. The summed E-state index contributed by atoms with van der Waals surface area (Å²) in [7, 11) is 0. The van der Waals surface area contributed by atoms with Crippen molar-refractivity contribution in [3.05, 3.63) is 59.7 Å². The molecule has 212 valence electrons. The standard InChI is InChI=1S/C16H15NO2.C8H20N.2C4H10.H3N/c18-16(19)9-10-17-14-7-3-1-5-12(14)11-13-6-2-4-8-15(13)17;1-5-9(6-2,7-3)8-4;2*1-3-4-2;/h1-8H,9-11H2,(H,18,19);5-8H2,1-4H3;2*3-4H2,1-2H3;1H3/q;+1;;;/p-1. The smallest absolute Gasteiger partial charge is 0.0757 e. The molecule has 0 fully saturated rings. The summed E-state index contributed by atoms with van der Waals surface area (Å²) in [4.78, 5) is 12.8. The fourth-order valence-electron chi connectivity index (χ4n) is 3.97. The quantitative estimate of drug-likeness (QED) is 0.350. The van der Waals surface area contributed by atoms with Gasteiger partial charge in [0.1, 0.15) is 0 Å². The second-order valence-electron chi connectivity index (χ2n) is 9.31. The van der Waals surface area contributed by atoms with E-state index in [2.05, 4.69) is 72.4 Å². The van der Waals surface area contributed by atoms with Crippen molar-refractivity contribution in [2.75, 3.05) is 37.6 Å². The Morgan fingerprint density at radius 2 is 1.05 bits per heavy atom. The van der Waals surface area contributed by atoms with E-state index in [0.717, 1.165) is 17.8 Å². The summed E-state index contributed by atoms with van der Waals surface area (Å²) in [6, 6.07) is 16.3. The Bertz CT molecular complexity index is 763. The Labute approximate surface area is 229 Å². The molecular formula is C32H57N3O2. The molecular weight excluding hydrogens is 458 g/mol. The zero-order valence-electron chi connectivity index (χ0n) is 25.3. The zero-order valence-corrected chi connectivity index (χ0v) is 25.3. The van der Waals surface area contributed by atoms with Crippen LogP contribution < -0.4 is 16.2 Å². The number of carboxylic acid groups (broad SMARTS) is 1. The van der Waals surface area contributed by atoms with Crippen molar-refractivity contribution < 1.29 is 14.4 Å². The highest BCUT2D eigenvalue weighted by molar-refractivity contribution is 5.75. The first-order chi connectivity index (χ1) is 17.3. The number of benzene rings is 2. The van der Waals surface area contributed by atoms with E-state index in [0.29, 0.717) is 6.54 Å². The van der Waals surface area contributed by atoms with Crippen LogP contribution in [0.15, 0.2) is 48.5 Å². The number of nitrogens with zero attached hydrogens (tertiary/aromatic N) is 2. The average molecular weight is 516 g/mol. The molecule has 0 saturated heterocycles. The molecule has 1 heterocycles. The number of rotatable bonds is 9. The number of carboxylic acids is 1. The van der Waals surface area contributed by atoms with Gasteiger partial charge in [0, 0.05) is 36.7 Å². The molecule has 0 bridgehead atoms. The maximum absolute atomic E-state index is 10.7. The van der Waals surface area contributed by atoms with E-state index in [9.17, 15) is 9.90 Å². The van der Waals surface area contributed by atoms with Crippen LogP contribution >= 0.6 is 0 Å². The van der Waals surface area contributed by atoms with Crippen molar-refractivity contribution in [1.29, 1.82) is 0 Å². The molecule has 5 heteroatoms. The third-order valence-electron chi connectivity index (χ3n) is 7.17. The van der Waals surface area contributed by atoms with Gasteiger partial charge >= 0.3 is 0 Å². The summed E-state index contributed by atoms with van der Waals surface area (Å²) in [5.74, 6) is -1.01. The van der Waals surface area contributed by atoms with Gasteiger partial charge in [-0.3, -0.25) is 0 Å². The van der Waals surface area contributed by atoms with E-state index in [-0.39, 0.29) is 12.6 Å². The van der Waals surface area contributed by atoms with Crippen molar-refractivity contribution in [1.82, 2.24) is 6.15 Å². The second kappa shape index (κ2) is 21.7. The van der Waals surface area contributed by atoms with Crippen LogP contribution in [0.4, 0.5) is 11.4 Å². The van der Waals surface area contributed by atoms with Crippen LogP contribution in [0, 0.1) is 0 Å². The lowest BCUT2D eigenvalue weighted by Crippen LogP contribution is -2.47. The number of unbranched alkanes of at least 4 members (excludes halogenated alkanes) is 2. The van der Waals surface area contributed by atoms with Crippen molar-refractivity contribution in [3.8, 4) is 0 Å². The molecule has 0 saturated carbocycles.